The third-order valence-electron chi connectivity index (χ3n) is 3.93. The third kappa shape index (κ3) is 3.73. The fourth-order valence-electron chi connectivity index (χ4n) is 2.57. The third-order valence-corrected chi connectivity index (χ3v) is 5.73. The van der Waals surface area contributed by atoms with Gasteiger partial charge >= 0.3 is 0 Å². The van der Waals surface area contributed by atoms with Crippen molar-refractivity contribution in [1.82, 2.24) is 20.5 Å². The molecule has 10 heteroatoms. The monoisotopic (exact) mass is 413 g/mol. The Morgan fingerprint density at radius 1 is 1.25 bits per heavy atom. The van der Waals surface area contributed by atoms with Crippen molar-refractivity contribution in [2.24, 2.45) is 0 Å². The van der Waals surface area contributed by atoms with Crippen molar-refractivity contribution in [2.45, 2.75) is 6.54 Å². The first-order chi connectivity index (χ1) is 13.6. The second kappa shape index (κ2) is 7.79. The molecule has 3 heterocycles. The molecule has 0 bridgehead atoms. The molecule has 0 aliphatic heterocycles. The number of ether oxygens (including phenoxy) is 1. The molecule has 0 spiro atoms. The van der Waals surface area contributed by atoms with Crippen LogP contribution >= 0.6 is 22.7 Å². The van der Waals surface area contributed by atoms with E-state index in [1.807, 2.05) is 24.3 Å². The zero-order valence-corrected chi connectivity index (χ0v) is 16.3. The summed E-state index contributed by atoms with van der Waals surface area (Å²) >= 11 is 2.50. The van der Waals surface area contributed by atoms with Gasteiger partial charge in [-0.15, -0.1) is 22.7 Å². The molecule has 142 valence electrons. The van der Waals surface area contributed by atoms with E-state index in [4.69, 9.17) is 4.74 Å². The van der Waals surface area contributed by atoms with Crippen LogP contribution in [0.4, 0.5) is 5.82 Å². The van der Waals surface area contributed by atoms with E-state index in [-0.39, 0.29) is 11.8 Å². The molecule has 0 aliphatic rings. The van der Waals surface area contributed by atoms with Crippen LogP contribution in [-0.4, -0.2) is 34.1 Å². The van der Waals surface area contributed by atoms with Gasteiger partial charge in [0, 0.05) is 18.1 Å². The highest BCUT2D eigenvalue weighted by molar-refractivity contribution is 7.20. The number of methoxy groups -OCH3 is 1. The first kappa shape index (κ1) is 18.1. The topological polar surface area (TPSA) is 109 Å². The Morgan fingerprint density at radius 2 is 2.14 bits per heavy atom. The van der Waals surface area contributed by atoms with Crippen LogP contribution in [0.1, 0.15) is 25.0 Å². The number of amides is 2. The van der Waals surface area contributed by atoms with Crippen molar-refractivity contribution < 1.29 is 14.3 Å². The predicted octanol–water partition coefficient (Wildman–Crippen LogP) is 3.27. The Morgan fingerprint density at radius 3 is 2.93 bits per heavy atom. The molecular weight excluding hydrogens is 398 g/mol. The quantitative estimate of drug-likeness (QED) is 0.449. The first-order valence-corrected chi connectivity index (χ1v) is 9.93. The average Bonchev–Trinajstić information content (AvgIpc) is 3.45. The van der Waals surface area contributed by atoms with Crippen molar-refractivity contribution in [3.63, 3.8) is 0 Å². The first-order valence-electron chi connectivity index (χ1n) is 8.24. The second-order valence-electron chi connectivity index (χ2n) is 5.75. The molecule has 0 saturated carbocycles. The van der Waals surface area contributed by atoms with E-state index in [0.29, 0.717) is 32.5 Å². The number of nitrogens with one attached hydrogen (secondary N) is 3. The molecule has 0 radical (unpaired) electrons. The smallest absolute Gasteiger partial charge is 0.285 e. The van der Waals surface area contributed by atoms with Crippen LogP contribution in [0.5, 0.6) is 5.75 Å². The Kier molecular flexibility index (Phi) is 5.04. The highest BCUT2D eigenvalue weighted by Gasteiger charge is 2.17. The molecule has 3 N–H and O–H groups in total. The molecule has 0 atom stereocenters. The molecule has 0 saturated heterocycles. The van der Waals surface area contributed by atoms with Gasteiger partial charge in [0.2, 0.25) is 0 Å². The van der Waals surface area contributed by atoms with E-state index in [1.165, 1.54) is 22.7 Å². The van der Waals surface area contributed by atoms with Crippen molar-refractivity contribution in [3.8, 4) is 5.75 Å². The van der Waals surface area contributed by atoms with Gasteiger partial charge in [-0.2, -0.15) is 5.10 Å². The van der Waals surface area contributed by atoms with Crippen molar-refractivity contribution in [3.05, 3.63) is 57.4 Å². The normalized spacial score (nSPS) is 10.8. The summed E-state index contributed by atoms with van der Waals surface area (Å²) in [5.41, 5.74) is 0.936. The van der Waals surface area contributed by atoms with Crippen molar-refractivity contribution in [1.29, 1.82) is 0 Å². The number of H-pyrrole nitrogens is 1. The number of aromatic nitrogens is 3. The molecule has 28 heavy (non-hydrogen) atoms. The van der Waals surface area contributed by atoms with E-state index in [9.17, 15) is 9.59 Å². The van der Waals surface area contributed by atoms with E-state index in [2.05, 4.69) is 25.8 Å². The van der Waals surface area contributed by atoms with Gasteiger partial charge < -0.3 is 15.4 Å². The molecule has 4 aromatic rings. The molecule has 0 fully saturated rings. The van der Waals surface area contributed by atoms with Crippen LogP contribution in [0.25, 0.3) is 10.2 Å². The number of anilines is 1. The summed E-state index contributed by atoms with van der Waals surface area (Å²) < 4.78 is 5.19. The highest BCUT2D eigenvalue weighted by Crippen LogP contribution is 2.29. The maximum absolute atomic E-state index is 12.5. The minimum Gasteiger partial charge on any atom is -0.497 e. The number of aromatic amines is 1. The highest BCUT2D eigenvalue weighted by atomic mass is 32.1. The number of hydrogen-bond acceptors (Lipinski definition) is 7. The predicted molar refractivity (Wildman–Crippen MR) is 108 cm³/mol. The number of hydrogen-bond donors (Lipinski definition) is 3. The summed E-state index contributed by atoms with van der Waals surface area (Å²) in [6, 6.07) is 9.21. The fraction of sp³-hybridized carbons (Fsp3) is 0.111. The lowest BCUT2D eigenvalue weighted by Gasteiger charge is -2.06. The van der Waals surface area contributed by atoms with Gasteiger partial charge in [-0.05, 0) is 23.8 Å². The molecule has 0 unspecified atom stereocenters. The summed E-state index contributed by atoms with van der Waals surface area (Å²) in [7, 11) is 1.60. The molecule has 1 aromatic carbocycles. The van der Waals surface area contributed by atoms with Gasteiger partial charge in [0.05, 0.1) is 17.4 Å². The number of nitrogens with zero attached hydrogens (tertiary/aromatic N) is 2. The van der Waals surface area contributed by atoms with Gasteiger partial charge in [0.1, 0.15) is 16.4 Å². The van der Waals surface area contributed by atoms with Crippen LogP contribution in [0.15, 0.2) is 41.9 Å². The van der Waals surface area contributed by atoms with Gasteiger partial charge in [0.25, 0.3) is 11.8 Å². The second-order valence-corrected chi connectivity index (χ2v) is 7.68. The molecule has 2 amide bonds. The summed E-state index contributed by atoms with van der Waals surface area (Å²) in [4.78, 5) is 29.8. The van der Waals surface area contributed by atoms with Crippen LogP contribution in [0.3, 0.4) is 0 Å². The zero-order chi connectivity index (χ0) is 19.5. The largest absolute Gasteiger partial charge is 0.497 e. The number of thiophene rings is 1. The summed E-state index contributed by atoms with van der Waals surface area (Å²) in [6.07, 6.45) is 1.57. The van der Waals surface area contributed by atoms with Gasteiger partial charge in [-0.3, -0.25) is 14.7 Å². The maximum Gasteiger partial charge on any atom is 0.285 e. The minimum atomic E-state index is -0.323. The van der Waals surface area contributed by atoms with Crippen LogP contribution < -0.4 is 15.4 Å². The Bertz CT molecular complexity index is 1130. The molecule has 8 nitrogen and oxygen atoms in total. The summed E-state index contributed by atoms with van der Waals surface area (Å²) in [5, 5.41) is 15.3. The summed E-state index contributed by atoms with van der Waals surface area (Å²) in [5.74, 6) is 0.652. The fourth-order valence-corrected chi connectivity index (χ4v) is 4.01. The Balaban J connectivity index is 1.46. The lowest BCUT2D eigenvalue weighted by atomic mass is 10.2. The van der Waals surface area contributed by atoms with E-state index < -0.39 is 0 Å². The minimum absolute atomic E-state index is 0.206. The van der Waals surface area contributed by atoms with Crippen LogP contribution in [0, 0.1) is 0 Å². The number of carbonyl (C=O) groups excluding carboxylic acids is 2. The lowest BCUT2D eigenvalue weighted by molar-refractivity contribution is 0.0954. The van der Waals surface area contributed by atoms with E-state index in [0.717, 1.165) is 11.3 Å². The van der Waals surface area contributed by atoms with E-state index >= 15 is 0 Å². The molecule has 0 aliphatic carbocycles. The van der Waals surface area contributed by atoms with Gasteiger partial charge in [-0.1, -0.05) is 12.1 Å². The molecular formula is C18H15N5O3S2. The van der Waals surface area contributed by atoms with Crippen molar-refractivity contribution >= 4 is 50.5 Å². The van der Waals surface area contributed by atoms with Gasteiger partial charge in [-0.25, -0.2) is 4.98 Å². The maximum atomic E-state index is 12.5. The SMILES string of the molecule is COc1cccc(CNC(=O)c2cc3c(NC(=O)c4nccs4)[nH]nc3s2)c1. The van der Waals surface area contributed by atoms with Crippen LogP contribution in [-0.2, 0) is 6.54 Å². The number of carbonyl (C=O) groups is 2. The Hall–Kier alpha value is -3.24. The van der Waals surface area contributed by atoms with E-state index in [1.54, 1.807) is 24.8 Å². The number of rotatable bonds is 6. The molecule has 4 rings (SSSR count). The van der Waals surface area contributed by atoms with Gasteiger partial charge in [0.15, 0.2) is 5.01 Å². The van der Waals surface area contributed by atoms with Crippen molar-refractivity contribution in [2.75, 3.05) is 12.4 Å². The lowest BCUT2D eigenvalue weighted by Crippen LogP contribution is -2.21. The zero-order valence-electron chi connectivity index (χ0n) is 14.7. The summed E-state index contributed by atoms with van der Waals surface area (Å²) in [6.45, 7) is 0.380. The average molecular weight is 413 g/mol. The standard InChI is InChI=1S/C18H15N5O3S2/c1-26-11-4-2-3-10(7-11)9-20-15(24)13-8-12-14(22-23-17(12)28-13)21-16(25)18-19-5-6-27-18/h2-8H,9H2,1H3,(H,20,24)(H2,21,22,23,25). The number of thiazole rings is 1. The molecule has 3 aromatic heterocycles. The van der Waals surface area contributed by atoms with Crippen LogP contribution in [0.2, 0.25) is 0 Å². The Labute approximate surface area is 167 Å². The number of benzene rings is 1. The number of fused-ring (bicyclic) bond motifs is 1.